The van der Waals surface area contributed by atoms with Crippen LogP contribution in [-0.2, 0) is 11.2 Å². The Morgan fingerprint density at radius 1 is 1.35 bits per heavy atom. The van der Waals surface area contributed by atoms with Crippen LogP contribution in [0.3, 0.4) is 0 Å². The first-order valence-electron chi connectivity index (χ1n) is 5.28. The molecule has 0 saturated carbocycles. The number of aromatic amines is 1. The number of aromatic nitrogens is 2. The lowest BCUT2D eigenvalue weighted by Gasteiger charge is -2.04. The topological polar surface area (TPSA) is 57.8 Å². The van der Waals surface area contributed by atoms with Crippen molar-refractivity contribution in [1.82, 2.24) is 10.2 Å². The summed E-state index contributed by atoms with van der Waals surface area (Å²) in [5.74, 6) is -0.0689. The molecule has 1 aromatic carbocycles. The molecule has 0 saturated heterocycles. The number of hydrogen-bond donors (Lipinski definition) is 2. The van der Waals surface area contributed by atoms with Crippen LogP contribution in [0.25, 0.3) is 6.08 Å². The lowest BCUT2D eigenvalue weighted by Crippen LogP contribution is -2.14. The van der Waals surface area contributed by atoms with Gasteiger partial charge >= 0.3 is 0 Å². The summed E-state index contributed by atoms with van der Waals surface area (Å²) < 4.78 is 0. The number of rotatable bonds is 4. The van der Waals surface area contributed by atoms with E-state index in [1.165, 1.54) is 0 Å². The summed E-state index contributed by atoms with van der Waals surface area (Å²) in [6.45, 7) is 3.67. The molecular formula is C13H13N3O. The number of carbonyl (C=O) groups is 1. The van der Waals surface area contributed by atoms with E-state index in [0.29, 0.717) is 6.42 Å². The Balaban J connectivity index is 1.95. The van der Waals surface area contributed by atoms with Crippen LogP contribution in [0.15, 0.2) is 43.1 Å². The van der Waals surface area contributed by atoms with Crippen molar-refractivity contribution >= 4 is 17.7 Å². The maximum Gasteiger partial charge on any atom is 0.230 e. The Bertz CT molecular complexity index is 500. The molecule has 0 aliphatic carbocycles. The van der Waals surface area contributed by atoms with E-state index in [1.807, 2.05) is 24.3 Å². The number of anilines is 1. The summed E-state index contributed by atoms with van der Waals surface area (Å²) in [4.78, 5) is 11.7. The van der Waals surface area contributed by atoms with Gasteiger partial charge in [-0.1, -0.05) is 24.8 Å². The molecule has 2 N–H and O–H groups in total. The SMILES string of the molecule is C=Cc1ccc(NC(=O)Cc2ccn[nH]2)cc1. The number of benzene rings is 1. The Hall–Kier alpha value is -2.36. The van der Waals surface area contributed by atoms with Gasteiger partial charge in [0.25, 0.3) is 0 Å². The molecule has 86 valence electrons. The van der Waals surface area contributed by atoms with Crippen molar-refractivity contribution in [3.63, 3.8) is 0 Å². The van der Waals surface area contributed by atoms with Gasteiger partial charge in [0, 0.05) is 17.6 Å². The third-order valence-electron chi connectivity index (χ3n) is 2.34. The van der Waals surface area contributed by atoms with Gasteiger partial charge in [0.05, 0.1) is 6.42 Å². The molecule has 2 aromatic rings. The zero-order chi connectivity index (χ0) is 12.1. The van der Waals surface area contributed by atoms with Crippen molar-refractivity contribution in [3.05, 3.63) is 54.4 Å². The summed E-state index contributed by atoms with van der Waals surface area (Å²) in [7, 11) is 0. The van der Waals surface area contributed by atoms with Crippen LogP contribution in [0.2, 0.25) is 0 Å². The number of amides is 1. The van der Waals surface area contributed by atoms with Crippen LogP contribution in [0, 0.1) is 0 Å². The minimum atomic E-state index is -0.0689. The van der Waals surface area contributed by atoms with Gasteiger partial charge in [-0.2, -0.15) is 5.10 Å². The molecule has 1 heterocycles. The lowest BCUT2D eigenvalue weighted by molar-refractivity contribution is -0.115. The lowest BCUT2D eigenvalue weighted by atomic mass is 10.2. The molecule has 0 aliphatic heterocycles. The summed E-state index contributed by atoms with van der Waals surface area (Å²) >= 11 is 0. The van der Waals surface area contributed by atoms with Crippen LogP contribution in [0.1, 0.15) is 11.3 Å². The average Bonchev–Trinajstić information content (AvgIpc) is 2.82. The van der Waals surface area contributed by atoms with E-state index >= 15 is 0 Å². The molecule has 0 aliphatic rings. The predicted octanol–water partition coefficient (Wildman–Crippen LogP) is 2.23. The largest absolute Gasteiger partial charge is 0.326 e. The smallest absolute Gasteiger partial charge is 0.230 e. The van der Waals surface area contributed by atoms with Crippen molar-refractivity contribution in [2.75, 3.05) is 5.32 Å². The minimum Gasteiger partial charge on any atom is -0.326 e. The zero-order valence-electron chi connectivity index (χ0n) is 9.31. The Labute approximate surface area is 99.4 Å². The fourth-order valence-electron chi connectivity index (χ4n) is 1.46. The van der Waals surface area contributed by atoms with Gasteiger partial charge in [-0.15, -0.1) is 0 Å². The summed E-state index contributed by atoms with van der Waals surface area (Å²) in [5, 5.41) is 9.35. The first-order chi connectivity index (χ1) is 8.28. The van der Waals surface area contributed by atoms with Crippen LogP contribution in [-0.4, -0.2) is 16.1 Å². The normalized spacial score (nSPS) is 9.88. The van der Waals surface area contributed by atoms with Crippen molar-refractivity contribution in [3.8, 4) is 0 Å². The van der Waals surface area contributed by atoms with Gasteiger partial charge in [-0.3, -0.25) is 9.89 Å². The highest BCUT2D eigenvalue weighted by atomic mass is 16.1. The monoisotopic (exact) mass is 227 g/mol. The minimum absolute atomic E-state index is 0.0689. The molecule has 0 radical (unpaired) electrons. The van der Waals surface area contributed by atoms with Gasteiger partial charge in [-0.25, -0.2) is 0 Å². The van der Waals surface area contributed by atoms with Crippen LogP contribution >= 0.6 is 0 Å². The average molecular weight is 227 g/mol. The molecule has 17 heavy (non-hydrogen) atoms. The zero-order valence-corrected chi connectivity index (χ0v) is 9.31. The first-order valence-corrected chi connectivity index (χ1v) is 5.28. The van der Waals surface area contributed by atoms with E-state index in [-0.39, 0.29) is 5.91 Å². The van der Waals surface area contributed by atoms with Crippen molar-refractivity contribution in [2.45, 2.75) is 6.42 Å². The second-order valence-electron chi connectivity index (χ2n) is 3.63. The quantitative estimate of drug-likeness (QED) is 0.841. The molecule has 0 bridgehead atoms. The summed E-state index contributed by atoms with van der Waals surface area (Å²) in [6.07, 6.45) is 3.68. The number of hydrogen-bond acceptors (Lipinski definition) is 2. The van der Waals surface area contributed by atoms with E-state index < -0.39 is 0 Å². The van der Waals surface area contributed by atoms with Gasteiger partial charge in [0.2, 0.25) is 5.91 Å². The number of nitrogens with one attached hydrogen (secondary N) is 2. The molecule has 4 heteroatoms. The fraction of sp³-hybridized carbons (Fsp3) is 0.0769. The van der Waals surface area contributed by atoms with E-state index in [0.717, 1.165) is 16.9 Å². The van der Waals surface area contributed by atoms with Gasteiger partial charge < -0.3 is 5.32 Å². The van der Waals surface area contributed by atoms with Crippen LogP contribution < -0.4 is 5.32 Å². The van der Waals surface area contributed by atoms with Gasteiger partial charge in [0.1, 0.15) is 0 Å². The maximum absolute atomic E-state index is 11.7. The highest BCUT2D eigenvalue weighted by Gasteiger charge is 2.04. The van der Waals surface area contributed by atoms with E-state index in [2.05, 4.69) is 22.1 Å². The molecular weight excluding hydrogens is 214 g/mol. The Morgan fingerprint density at radius 3 is 2.71 bits per heavy atom. The van der Waals surface area contributed by atoms with Crippen LogP contribution in [0.5, 0.6) is 0 Å². The Morgan fingerprint density at radius 2 is 2.12 bits per heavy atom. The Kier molecular flexibility index (Phi) is 3.35. The molecule has 1 amide bonds. The summed E-state index contributed by atoms with van der Waals surface area (Å²) in [5.41, 5.74) is 2.60. The van der Waals surface area contributed by atoms with Crippen LogP contribution in [0.4, 0.5) is 5.69 Å². The molecule has 0 fully saturated rings. The summed E-state index contributed by atoms with van der Waals surface area (Å²) in [6, 6.07) is 9.28. The fourth-order valence-corrected chi connectivity index (χ4v) is 1.46. The molecule has 2 rings (SSSR count). The second kappa shape index (κ2) is 5.12. The van der Waals surface area contributed by atoms with Crippen molar-refractivity contribution < 1.29 is 4.79 Å². The number of H-pyrrole nitrogens is 1. The van der Waals surface area contributed by atoms with Gasteiger partial charge in [0.15, 0.2) is 0 Å². The molecule has 4 nitrogen and oxygen atoms in total. The first kappa shape index (κ1) is 11.1. The third-order valence-corrected chi connectivity index (χ3v) is 2.34. The molecule has 0 spiro atoms. The van der Waals surface area contributed by atoms with E-state index in [4.69, 9.17) is 0 Å². The highest BCUT2D eigenvalue weighted by molar-refractivity contribution is 5.92. The predicted molar refractivity (Wildman–Crippen MR) is 67.5 cm³/mol. The second-order valence-corrected chi connectivity index (χ2v) is 3.63. The van der Waals surface area contributed by atoms with E-state index in [1.54, 1.807) is 18.3 Å². The van der Waals surface area contributed by atoms with Crippen molar-refractivity contribution in [1.29, 1.82) is 0 Å². The number of nitrogens with zero attached hydrogens (tertiary/aromatic N) is 1. The molecule has 1 aromatic heterocycles. The van der Waals surface area contributed by atoms with Crippen molar-refractivity contribution in [2.24, 2.45) is 0 Å². The highest BCUT2D eigenvalue weighted by Crippen LogP contribution is 2.10. The molecule has 0 atom stereocenters. The standard InChI is InChI=1S/C13H13N3O/c1-2-10-3-5-11(6-4-10)15-13(17)9-12-7-8-14-16-12/h2-8H,1,9H2,(H,14,16)(H,15,17). The number of carbonyl (C=O) groups excluding carboxylic acids is 1. The van der Waals surface area contributed by atoms with Gasteiger partial charge in [-0.05, 0) is 23.8 Å². The van der Waals surface area contributed by atoms with E-state index in [9.17, 15) is 4.79 Å². The molecule has 0 unspecified atom stereocenters. The third kappa shape index (κ3) is 3.04. The maximum atomic E-state index is 11.7.